The maximum atomic E-state index is 12.6. The molecule has 0 radical (unpaired) electrons. The molecule has 3 heterocycles. The average Bonchev–Trinajstić information content (AvgIpc) is 3.53. The number of carbonyl (C=O) groups excluding carboxylic acids is 1. The molecule has 8 nitrogen and oxygen atoms in total. The molecule has 0 aliphatic heterocycles. The van der Waals surface area contributed by atoms with E-state index in [1.807, 2.05) is 37.3 Å². The van der Waals surface area contributed by atoms with Crippen molar-refractivity contribution in [2.75, 3.05) is 5.32 Å². The van der Waals surface area contributed by atoms with E-state index in [1.165, 1.54) is 32.0 Å². The van der Waals surface area contributed by atoms with Gasteiger partial charge in [0.25, 0.3) is 0 Å². The summed E-state index contributed by atoms with van der Waals surface area (Å²) in [6.07, 6.45) is 9.68. The minimum Gasteiger partial charge on any atom is -0.311 e. The molecule has 1 aliphatic carbocycles. The summed E-state index contributed by atoms with van der Waals surface area (Å²) in [5.41, 5.74) is 2.27. The van der Waals surface area contributed by atoms with Gasteiger partial charge in [-0.15, -0.1) is 0 Å². The molecule has 1 saturated carbocycles. The first kappa shape index (κ1) is 20.6. The van der Waals surface area contributed by atoms with E-state index in [9.17, 15) is 4.79 Å². The Bertz CT molecular complexity index is 1260. The Labute approximate surface area is 190 Å². The molecule has 4 aromatic rings. The fourth-order valence-corrected chi connectivity index (χ4v) is 4.49. The molecule has 0 atom stereocenters. The molecular formula is C23H24ClN7O. The predicted molar refractivity (Wildman–Crippen MR) is 123 cm³/mol. The van der Waals surface area contributed by atoms with Gasteiger partial charge in [-0.1, -0.05) is 37.3 Å². The molecule has 1 aliphatic rings. The van der Waals surface area contributed by atoms with Crippen LogP contribution in [0.25, 0.3) is 22.5 Å². The minimum absolute atomic E-state index is 0.000194. The van der Waals surface area contributed by atoms with E-state index >= 15 is 0 Å². The van der Waals surface area contributed by atoms with Gasteiger partial charge in [0.15, 0.2) is 11.5 Å². The lowest BCUT2D eigenvalue weighted by atomic mass is 10.0. The van der Waals surface area contributed by atoms with Crippen molar-refractivity contribution in [3.63, 3.8) is 0 Å². The molecule has 0 spiro atoms. The van der Waals surface area contributed by atoms with Crippen LogP contribution in [0.2, 0.25) is 5.02 Å². The van der Waals surface area contributed by atoms with Crippen LogP contribution in [0, 0.1) is 12.8 Å². The topological polar surface area (TPSA) is 90.5 Å². The van der Waals surface area contributed by atoms with Gasteiger partial charge in [0.2, 0.25) is 5.91 Å². The summed E-state index contributed by atoms with van der Waals surface area (Å²) >= 11 is 6.02. The molecule has 1 fully saturated rings. The van der Waals surface area contributed by atoms with Crippen molar-refractivity contribution in [3.05, 3.63) is 53.6 Å². The second-order valence-corrected chi connectivity index (χ2v) is 8.72. The Morgan fingerprint density at radius 2 is 1.94 bits per heavy atom. The van der Waals surface area contributed by atoms with Gasteiger partial charge in [-0.25, -0.2) is 14.6 Å². The highest BCUT2D eigenvalue weighted by molar-refractivity contribution is 6.30. The van der Waals surface area contributed by atoms with Crippen LogP contribution in [0.15, 0.2) is 42.9 Å². The SMILES string of the molecule is Cc1cc(NC(=O)CCC2CCCC2)n(-c2ncnc3c2cnn3-c2ccc(Cl)cc2)n1. The second kappa shape index (κ2) is 8.70. The number of benzene rings is 1. The molecule has 0 unspecified atom stereocenters. The van der Waals surface area contributed by atoms with Crippen molar-refractivity contribution < 1.29 is 4.79 Å². The summed E-state index contributed by atoms with van der Waals surface area (Å²) in [7, 11) is 0. The van der Waals surface area contributed by atoms with Gasteiger partial charge >= 0.3 is 0 Å². The Kier molecular flexibility index (Phi) is 5.61. The number of anilines is 1. The van der Waals surface area contributed by atoms with E-state index in [1.54, 1.807) is 15.6 Å². The first-order chi connectivity index (χ1) is 15.6. The fourth-order valence-electron chi connectivity index (χ4n) is 4.36. The number of aromatic nitrogens is 6. The summed E-state index contributed by atoms with van der Waals surface area (Å²) in [6, 6.07) is 9.23. The maximum absolute atomic E-state index is 12.6. The predicted octanol–water partition coefficient (Wildman–Crippen LogP) is 4.87. The smallest absolute Gasteiger partial charge is 0.225 e. The highest BCUT2D eigenvalue weighted by atomic mass is 35.5. The van der Waals surface area contributed by atoms with E-state index < -0.39 is 0 Å². The van der Waals surface area contributed by atoms with Gasteiger partial charge in [-0.2, -0.15) is 14.9 Å². The van der Waals surface area contributed by atoms with Crippen LogP contribution in [-0.4, -0.2) is 35.4 Å². The number of nitrogens with zero attached hydrogens (tertiary/aromatic N) is 6. The van der Waals surface area contributed by atoms with E-state index in [0.717, 1.165) is 23.2 Å². The van der Waals surface area contributed by atoms with E-state index in [2.05, 4.69) is 25.5 Å². The van der Waals surface area contributed by atoms with Crippen molar-refractivity contribution >= 4 is 34.4 Å². The van der Waals surface area contributed by atoms with Crippen LogP contribution in [0.4, 0.5) is 5.82 Å². The monoisotopic (exact) mass is 449 g/mol. The zero-order valence-electron chi connectivity index (χ0n) is 17.8. The van der Waals surface area contributed by atoms with Gasteiger partial charge in [-0.3, -0.25) is 4.79 Å². The van der Waals surface area contributed by atoms with E-state index in [0.29, 0.717) is 34.6 Å². The molecule has 5 rings (SSSR count). The van der Waals surface area contributed by atoms with Crippen LogP contribution < -0.4 is 5.32 Å². The Hall–Kier alpha value is -3.26. The van der Waals surface area contributed by atoms with E-state index in [-0.39, 0.29) is 5.91 Å². The standard InChI is InChI=1S/C23H24ClN7O/c1-15-12-20(28-21(32)11-6-16-4-2-3-5-16)31(29-15)23-19-13-27-30(22(19)25-14-26-23)18-9-7-17(24)8-10-18/h7-10,12-14,16H,2-6,11H2,1H3,(H,28,32). The first-order valence-corrected chi connectivity index (χ1v) is 11.3. The first-order valence-electron chi connectivity index (χ1n) is 10.9. The molecule has 9 heteroatoms. The summed E-state index contributed by atoms with van der Waals surface area (Å²) < 4.78 is 3.38. The van der Waals surface area contributed by atoms with Gasteiger partial charge in [0.05, 0.1) is 23.0 Å². The zero-order chi connectivity index (χ0) is 22.1. The van der Waals surface area contributed by atoms with Crippen LogP contribution in [0.5, 0.6) is 0 Å². The zero-order valence-corrected chi connectivity index (χ0v) is 18.6. The largest absolute Gasteiger partial charge is 0.311 e. The van der Waals surface area contributed by atoms with Gasteiger partial charge in [-0.05, 0) is 43.5 Å². The molecule has 0 bridgehead atoms. The number of carbonyl (C=O) groups is 1. The van der Waals surface area contributed by atoms with Crippen molar-refractivity contribution in [3.8, 4) is 11.5 Å². The molecule has 32 heavy (non-hydrogen) atoms. The number of hydrogen-bond acceptors (Lipinski definition) is 5. The lowest BCUT2D eigenvalue weighted by molar-refractivity contribution is -0.116. The lowest BCUT2D eigenvalue weighted by Crippen LogP contribution is -2.16. The van der Waals surface area contributed by atoms with E-state index in [4.69, 9.17) is 11.6 Å². The molecule has 164 valence electrons. The number of halogens is 1. The molecule has 1 amide bonds. The van der Waals surface area contributed by atoms with Crippen molar-refractivity contribution in [1.82, 2.24) is 29.5 Å². The summed E-state index contributed by atoms with van der Waals surface area (Å²) in [5.74, 6) is 1.83. The summed E-state index contributed by atoms with van der Waals surface area (Å²) in [6.45, 7) is 1.89. The van der Waals surface area contributed by atoms with Crippen LogP contribution >= 0.6 is 11.6 Å². The van der Waals surface area contributed by atoms with Crippen molar-refractivity contribution in [2.45, 2.75) is 45.4 Å². The van der Waals surface area contributed by atoms with Gasteiger partial charge in [0, 0.05) is 17.5 Å². The summed E-state index contributed by atoms with van der Waals surface area (Å²) in [5, 5.41) is 13.5. The average molecular weight is 450 g/mol. The number of amides is 1. The highest BCUT2D eigenvalue weighted by Gasteiger charge is 2.19. The quantitative estimate of drug-likeness (QED) is 0.453. The highest BCUT2D eigenvalue weighted by Crippen LogP contribution is 2.29. The molecule has 0 saturated heterocycles. The fraction of sp³-hybridized carbons (Fsp3) is 0.348. The van der Waals surface area contributed by atoms with Crippen molar-refractivity contribution in [2.24, 2.45) is 5.92 Å². The Morgan fingerprint density at radius 3 is 2.72 bits per heavy atom. The number of rotatable bonds is 6. The van der Waals surface area contributed by atoms with Crippen LogP contribution in [0.1, 0.15) is 44.2 Å². The third-order valence-electron chi connectivity index (χ3n) is 5.97. The lowest BCUT2D eigenvalue weighted by Gasteiger charge is -2.11. The van der Waals surface area contributed by atoms with Gasteiger partial charge in [0.1, 0.15) is 12.1 Å². The molecule has 1 aromatic carbocycles. The van der Waals surface area contributed by atoms with Crippen LogP contribution in [-0.2, 0) is 4.79 Å². The number of hydrogen-bond donors (Lipinski definition) is 1. The minimum atomic E-state index is 0.000194. The number of fused-ring (bicyclic) bond motifs is 1. The maximum Gasteiger partial charge on any atom is 0.225 e. The van der Waals surface area contributed by atoms with Crippen LogP contribution in [0.3, 0.4) is 0 Å². The summed E-state index contributed by atoms with van der Waals surface area (Å²) in [4.78, 5) is 21.5. The Morgan fingerprint density at radius 1 is 1.16 bits per heavy atom. The normalized spacial score (nSPS) is 14.3. The van der Waals surface area contributed by atoms with Crippen molar-refractivity contribution in [1.29, 1.82) is 0 Å². The third-order valence-corrected chi connectivity index (χ3v) is 6.22. The molecular weight excluding hydrogens is 426 g/mol. The number of nitrogens with one attached hydrogen (secondary N) is 1. The second-order valence-electron chi connectivity index (χ2n) is 8.29. The molecule has 1 N–H and O–H groups in total. The molecule has 3 aromatic heterocycles. The third kappa shape index (κ3) is 4.10. The Balaban J connectivity index is 1.44. The van der Waals surface area contributed by atoms with Gasteiger partial charge < -0.3 is 5.32 Å². The number of aryl methyl sites for hydroxylation is 1.